The van der Waals surface area contributed by atoms with E-state index in [1.54, 1.807) is 6.07 Å². The number of nitrogens with one attached hydrogen (secondary N) is 1. The molecule has 0 aliphatic carbocycles. The molecule has 1 aliphatic rings. The van der Waals surface area contributed by atoms with Crippen LogP contribution >= 0.6 is 0 Å². The summed E-state index contributed by atoms with van der Waals surface area (Å²) >= 11 is 0. The van der Waals surface area contributed by atoms with Crippen LogP contribution in [0.5, 0.6) is 0 Å². The third-order valence-electron chi connectivity index (χ3n) is 5.03. The van der Waals surface area contributed by atoms with Crippen LogP contribution < -0.4 is 15.1 Å². The van der Waals surface area contributed by atoms with Crippen molar-refractivity contribution in [2.45, 2.75) is 13.8 Å². The van der Waals surface area contributed by atoms with Crippen LogP contribution in [-0.2, 0) is 0 Å². The van der Waals surface area contributed by atoms with Crippen molar-refractivity contribution in [3.05, 3.63) is 71.8 Å². The molecule has 144 valence electrons. The summed E-state index contributed by atoms with van der Waals surface area (Å²) in [4.78, 5) is 13.5. The zero-order chi connectivity index (χ0) is 19.5. The van der Waals surface area contributed by atoms with E-state index in [0.29, 0.717) is 5.69 Å². The Hall–Kier alpha value is -3.15. The van der Waals surface area contributed by atoms with Crippen LogP contribution in [0, 0.1) is 19.7 Å². The lowest BCUT2D eigenvalue weighted by Crippen LogP contribution is -2.47. The highest BCUT2D eigenvalue weighted by molar-refractivity contribution is 5.63. The van der Waals surface area contributed by atoms with Gasteiger partial charge in [0.2, 0.25) is 0 Å². The van der Waals surface area contributed by atoms with E-state index in [1.807, 2.05) is 43.3 Å². The fourth-order valence-corrected chi connectivity index (χ4v) is 3.51. The summed E-state index contributed by atoms with van der Waals surface area (Å²) < 4.78 is 14.1. The van der Waals surface area contributed by atoms with Gasteiger partial charge in [0.05, 0.1) is 5.69 Å². The fourth-order valence-electron chi connectivity index (χ4n) is 3.51. The predicted octanol–water partition coefficient (Wildman–Crippen LogP) is 4.30. The molecule has 3 aromatic rings. The molecule has 0 saturated carbocycles. The Morgan fingerprint density at radius 2 is 1.54 bits per heavy atom. The Balaban J connectivity index is 1.49. The molecule has 0 bridgehead atoms. The Bertz CT molecular complexity index is 967. The van der Waals surface area contributed by atoms with Crippen LogP contribution in [0.15, 0.2) is 54.6 Å². The zero-order valence-corrected chi connectivity index (χ0v) is 16.2. The zero-order valence-electron chi connectivity index (χ0n) is 16.2. The van der Waals surface area contributed by atoms with E-state index in [1.165, 1.54) is 11.6 Å². The number of para-hydroxylation sites is 2. The Morgan fingerprint density at radius 3 is 2.29 bits per heavy atom. The SMILES string of the molecule is Cc1nc(Nc2ccccc2C)cc(N2CCN(c3ccccc3F)CC2)n1. The molecule has 1 aliphatic heterocycles. The Labute approximate surface area is 164 Å². The normalized spacial score (nSPS) is 14.2. The van der Waals surface area contributed by atoms with Crippen molar-refractivity contribution in [1.29, 1.82) is 0 Å². The van der Waals surface area contributed by atoms with Crippen molar-refractivity contribution in [2.75, 3.05) is 41.3 Å². The molecule has 0 spiro atoms. The van der Waals surface area contributed by atoms with Crippen molar-refractivity contribution in [3.8, 4) is 0 Å². The largest absolute Gasteiger partial charge is 0.366 e. The summed E-state index contributed by atoms with van der Waals surface area (Å²) in [6, 6.07) is 17.1. The molecule has 5 nitrogen and oxygen atoms in total. The highest BCUT2D eigenvalue weighted by Crippen LogP contribution is 2.25. The van der Waals surface area contributed by atoms with Gasteiger partial charge in [-0.25, -0.2) is 14.4 Å². The van der Waals surface area contributed by atoms with E-state index < -0.39 is 0 Å². The number of anilines is 4. The van der Waals surface area contributed by atoms with Crippen molar-refractivity contribution in [2.24, 2.45) is 0 Å². The van der Waals surface area contributed by atoms with E-state index >= 15 is 0 Å². The molecular weight excluding hydrogens is 353 g/mol. The minimum absolute atomic E-state index is 0.168. The maximum Gasteiger partial charge on any atom is 0.146 e. The quantitative estimate of drug-likeness (QED) is 0.734. The van der Waals surface area contributed by atoms with E-state index in [2.05, 4.69) is 38.1 Å². The van der Waals surface area contributed by atoms with E-state index in [4.69, 9.17) is 0 Å². The second-order valence-electron chi connectivity index (χ2n) is 7.02. The number of rotatable bonds is 4. The molecule has 2 heterocycles. The average Bonchev–Trinajstić information content (AvgIpc) is 2.70. The van der Waals surface area contributed by atoms with Gasteiger partial charge in [-0.3, -0.25) is 0 Å². The van der Waals surface area contributed by atoms with Crippen LogP contribution in [0.1, 0.15) is 11.4 Å². The molecule has 1 saturated heterocycles. The molecule has 0 radical (unpaired) electrons. The second kappa shape index (κ2) is 7.84. The highest BCUT2D eigenvalue weighted by atomic mass is 19.1. The summed E-state index contributed by atoms with van der Waals surface area (Å²) in [7, 11) is 0. The van der Waals surface area contributed by atoms with Gasteiger partial charge in [-0.1, -0.05) is 30.3 Å². The first-order valence-corrected chi connectivity index (χ1v) is 9.53. The number of aromatic nitrogens is 2. The molecule has 1 fully saturated rings. The van der Waals surface area contributed by atoms with Gasteiger partial charge in [0, 0.05) is 37.9 Å². The summed E-state index contributed by atoms with van der Waals surface area (Å²) in [6.45, 7) is 7.06. The molecule has 4 rings (SSSR count). The van der Waals surface area contributed by atoms with Gasteiger partial charge < -0.3 is 15.1 Å². The summed E-state index contributed by atoms with van der Waals surface area (Å²) in [5.74, 6) is 2.24. The highest BCUT2D eigenvalue weighted by Gasteiger charge is 2.21. The van der Waals surface area contributed by atoms with Gasteiger partial charge in [-0.15, -0.1) is 0 Å². The summed E-state index contributed by atoms with van der Waals surface area (Å²) in [6.07, 6.45) is 0. The molecule has 0 atom stereocenters. The molecule has 0 amide bonds. The van der Waals surface area contributed by atoms with Gasteiger partial charge >= 0.3 is 0 Å². The van der Waals surface area contributed by atoms with Crippen LogP contribution in [0.4, 0.5) is 27.4 Å². The van der Waals surface area contributed by atoms with Gasteiger partial charge in [0.15, 0.2) is 0 Å². The van der Waals surface area contributed by atoms with Gasteiger partial charge in [-0.05, 0) is 37.6 Å². The summed E-state index contributed by atoms with van der Waals surface area (Å²) in [5, 5.41) is 3.40. The first-order valence-electron chi connectivity index (χ1n) is 9.53. The maximum atomic E-state index is 14.1. The lowest BCUT2D eigenvalue weighted by Gasteiger charge is -2.37. The molecule has 6 heteroatoms. The molecular formula is C22H24FN5. The van der Waals surface area contributed by atoms with Crippen molar-refractivity contribution in [3.63, 3.8) is 0 Å². The lowest BCUT2D eigenvalue weighted by molar-refractivity contribution is 0.596. The first kappa shape index (κ1) is 18.2. The van der Waals surface area contributed by atoms with Crippen LogP contribution in [0.25, 0.3) is 0 Å². The van der Waals surface area contributed by atoms with Crippen molar-refractivity contribution < 1.29 is 4.39 Å². The monoisotopic (exact) mass is 377 g/mol. The second-order valence-corrected chi connectivity index (χ2v) is 7.02. The number of hydrogen-bond donors (Lipinski definition) is 1. The fraction of sp³-hybridized carbons (Fsp3) is 0.273. The number of piperazine rings is 1. The van der Waals surface area contributed by atoms with E-state index in [-0.39, 0.29) is 5.82 Å². The summed E-state index contributed by atoms with van der Waals surface area (Å²) in [5.41, 5.74) is 2.87. The average molecular weight is 377 g/mol. The third-order valence-corrected chi connectivity index (χ3v) is 5.03. The van der Waals surface area contributed by atoms with Crippen LogP contribution in [0.2, 0.25) is 0 Å². The molecule has 28 heavy (non-hydrogen) atoms. The predicted molar refractivity (Wildman–Crippen MR) is 112 cm³/mol. The number of aryl methyl sites for hydroxylation is 2. The Kier molecular flexibility index (Phi) is 5.10. The number of benzene rings is 2. The molecule has 2 aromatic carbocycles. The van der Waals surface area contributed by atoms with Crippen LogP contribution in [0.3, 0.4) is 0 Å². The minimum Gasteiger partial charge on any atom is -0.366 e. The van der Waals surface area contributed by atoms with Crippen LogP contribution in [-0.4, -0.2) is 36.1 Å². The number of hydrogen-bond acceptors (Lipinski definition) is 5. The molecule has 1 aromatic heterocycles. The third kappa shape index (κ3) is 3.91. The van der Waals surface area contributed by atoms with E-state index in [9.17, 15) is 4.39 Å². The van der Waals surface area contributed by atoms with Gasteiger partial charge in [0.1, 0.15) is 23.3 Å². The maximum absolute atomic E-state index is 14.1. The van der Waals surface area contributed by atoms with Crippen molar-refractivity contribution >= 4 is 23.0 Å². The topological polar surface area (TPSA) is 44.3 Å². The lowest BCUT2D eigenvalue weighted by atomic mass is 10.2. The van der Waals surface area contributed by atoms with E-state index in [0.717, 1.165) is 49.3 Å². The Morgan fingerprint density at radius 1 is 0.857 bits per heavy atom. The van der Waals surface area contributed by atoms with Crippen molar-refractivity contribution in [1.82, 2.24) is 9.97 Å². The molecule has 1 N–H and O–H groups in total. The van der Waals surface area contributed by atoms with Gasteiger partial charge in [0.25, 0.3) is 0 Å². The minimum atomic E-state index is -0.168. The van der Waals surface area contributed by atoms with Gasteiger partial charge in [-0.2, -0.15) is 0 Å². The smallest absolute Gasteiger partial charge is 0.146 e. The standard InChI is InChI=1S/C22H24FN5/c1-16-7-3-5-9-19(16)26-21-15-22(25-17(2)24-21)28-13-11-27(12-14-28)20-10-6-4-8-18(20)23/h3-10,15H,11-14H2,1-2H3,(H,24,25,26). The number of nitrogens with zero attached hydrogens (tertiary/aromatic N) is 4. The number of halogens is 1. The first-order chi connectivity index (χ1) is 13.6. The molecule has 0 unspecified atom stereocenters.